The Bertz CT molecular complexity index is 700. The van der Waals surface area contributed by atoms with Gasteiger partial charge in [0.25, 0.3) is 0 Å². The Morgan fingerprint density at radius 2 is 1.56 bits per heavy atom. The Balaban J connectivity index is 2.29. The van der Waals surface area contributed by atoms with Crippen LogP contribution < -0.4 is 0 Å². The summed E-state index contributed by atoms with van der Waals surface area (Å²) < 4.78 is 13.9. The number of carbonyl (C=O) groups excluding carboxylic acids is 1. The predicted molar refractivity (Wildman–Crippen MR) is 151 cm³/mol. The Hall–Kier alpha value is -0.236. The lowest BCUT2D eigenvalue weighted by molar-refractivity contribution is -0.124. The van der Waals surface area contributed by atoms with E-state index in [2.05, 4.69) is 101 Å². The highest BCUT2D eigenvalue weighted by atomic mass is 28.4. The summed E-state index contributed by atoms with van der Waals surface area (Å²) in [5.74, 6) is 0.984. The molecule has 0 spiro atoms. The molecule has 2 aliphatic carbocycles. The highest BCUT2D eigenvalue weighted by Crippen LogP contribution is 2.56. The van der Waals surface area contributed by atoms with Gasteiger partial charge in [0.1, 0.15) is 6.29 Å². The third-order valence-electron chi connectivity index (χ3n) is 10.3. The summed E-state index contributed by atoms with van der Waals surface area (Å²) >= 11 is 0. The molecule has 0 aromatic carbocycles. The summed E-state index contributed by atoms with van der Waals surface area (Å²) in [5, 5.41) is 0.179. The van der Waals surface area contributed by atoms with Crippen molar-refractivity contribution in [2.75, 3.05) is 6.61 Å². The molecule has 3 nitrogen and oxygen atoms in total. The molecule has 0 amide bonds. The second-order valence-corrected chi connectivity index (χ2v) is 24.4. The lowest BCUT2D eigenvalue weighted by Gasteiger charge is -2.56. The van der Waals surface area contributed by atoms with Crippen LogP contribution in [0.2, 0.25) is 34.8 Å². The average molecular weight is 509 g/mol. The van der Waals surface area contributed by atoms with Crippen molar-refractivity contribution in [2.45, 2.75) is 130 Å². The van der Waals surface area contributed by atoms with E-state index in [4.69, 9.17) is 8.85 Å². The summed E-state index contributed by atoms with van der Waals surface area (Å²) in [7, 11) is -3.79. The molecule has 6 atom stereocenters. The van der Waals surface area contributed by atoms with E-state index in [0.29, 0.717) is 35.1 Å². The van der Waals surface area contributed by atoms with Crippen LogP contribution in [0.15, 0.2) is 12.2 Å². The van der Waals surface area contributed by atoms with Gasteiger partial charge in [-0.05, 0) is 64.8 Å². The van der Waals surface area contributed by atoms with Crippen LogP contribution in [0.4, 0.5) is 0 Å². The molecule has 1 saturated carbocycles. The molecule has 2 aliphatic rings. The molecular formula is C29H56O3Si2. The number of allylic oxidation sites excluding steroid dienone is 1. The van der Waals surface area contributed by atoms with Gasteiger partial charge in [-0.15, -0.1) is 0 Å². The van der Waals surface area contributed by atoms with Crippen molar-refractivity contribution in [3.63, 3.8) is 0 Å². The van der Waals surface area contributed by atoms with Gasteiger partial charge in [0.05, 0.1) is 0 Å². The van der Waals surface area contributed by atoms with Crippen LogP contribution in [-0.2, 0) is 13.6 Å². The van der Waals surface area contributed by atoms with E-state index in [0.717, 1.165) is 12.8 Å². The first-order chi connectivity index (χ1) is 15.5. The van der Waals surface area contributed by atoms with Crippen molar-refractivity contribution >= 4 is 22.9 Å². The zero-order valence-corrected chi connectivity index (χ0v) is 26.7. The first kappa shape index (κ1) is 30.0. The summed E-state index contributed by atoms with van der Waals surface area (Å²) in [4.78, 5) is 12.5. The SMILES string of the molecule is CC(C)[Si](O[C@H]1CC[C@]2(C)[C@H](C=O)[C@@H](CO[Si](C)(C)C(C)(C)C)C=C[C@H]2[C@@H]1C)(C(C)C)C(C)C. The van der Waals surface area contributed by atoms with Gasteiger partial charge in [-0.25, -0.2) is 0 Å². The molecule has 0 aliphatic heterocycles. The van der Waals surface area contributed by atoms with E-state index in [1.807, 2.05) is 0 Å². The minimum atomic E-state index is -1.94. The maximum Gasteiger partial charge on any atom is 0.200 e. The van der Waals surface area contributed by atoms with Crippen molar-refractivity contribution in [3.8, 4) is 0 Å². The molecule has 0 unspecified atom stereocenters. The molecule has 34 heavy (non-hydrogen) atoms. The Kier molecular flexibility index (Phi) is 9.38. The van der Waals surface area contributed by atoms with Crippen molar-refractivity contribution in [1.82, 2.24) is 0 Å². The van der Waals surface area contributed by atoms with E-state index in [1.165, 1.54) is 6.29 Å². The molecule has 0 radical (unpaired) electrons. The van der Waals surface area contributed by atoms with E-state index in [-0.39, 0.29) is 28.4 Å². The Labute approximate surface area is 214 Å². The van der Waals surface area contributed by atoms with E-state index in [9.17, 15) is 4.79 Å². The second kappa shape index (κ2) is 10.6. The molecular weight excluding hydrogens is 452 g/mol. The zero-order valence-electron chi connectivity index (χ0n) is 24.7. The first-order valence-corrected chi connectivity index (χ1v) is 19.0. The minimum absolute atomic E-state index is 0.0120. The molecule has 0 N–H and O–H groups in total. The maximum absolute atomic E-state index is 12.5. The summed E-state index contributed by atoms with van der Waals surface area (Å²) in [5.41, 5.74) is 1.76. The predicted octanol–water partition coefficient (Wildman–Crippen LogP) is 8.62. The zero-order chi connectivity index (χ0) is 26.3. The van der Waals surface area contributed by atoms with E-state index in [1.54, 1.807) is 0 Å². The lowest BCUT2D eigenvalue weighted by Crippen LogP contribution is -2.56. The smallest absolute Gasteiger partial charge is 0.200 e. The Morgan fingerprint density at radius 1 is 1.03 bits per heavy atom. The third-order valence-corrected chi connectivity index (χ3v) is 20.9. The average Bonchev–Trinajstić information content (AvgIpc) is 2.69. The van der Waals surface area contributed by atoms with Crippen LogP contribution in [0, 0.1) is 29.1 Å². The fourth-order valence-electron chi connectivity index (χ4n) is 7.14. The van der Waals surface area contributed by atoms with Crippen molar-refractivity contribution in [3.05, 3.63) is 12.2 Å². The molecule has 198 valence electrons. The van der Waals surface area contributed by atoms with Crippen molar-refractivity contribution < 1.29 is 13.6 Å². The largest absolute Gasteiger partial charge is 0.416 e. The van der Waals surface area contributed by atoms with Crippen molar-refractivity contribution in [1.29, 1.82) is 0 Å². The molecule has 5 heteroatoms. The number of hydrogen-bond donors (Lipinski definition) is 0. The highest BCUT2D eigenvalue weighted by Gasteiger charge is 2.55. The van der Waals surface area contributed by atoms with E-state index >= 15 is 0 Å². The number of fused-ring (bicyclic) bond motifs is 1. The number of aldehydes is 1. The molecule has 0 aromatic rings. The van der Waals surface area contributed by atoms with Crippen LogP contribution in [0.5, 0.6) is 0 Å². The summed E-state index contributed by atoms with van der Waals surface area (Å²) in [6, 6.07) is 0. The van der Waals surface area contributed by atoms with Gasteiger partial charge >= 0.3 is 0 Å². The molecule has 0 saturated heterocycles. The fourth-order valence-corrected chi connectivity index (χ4v) is 13.9. The lowest BCUT2D eigenvalue weighted by atomic mass is 9.52. The normalized spacial score (nSPS) is 33.0. The van der Waals surface area contributed by atoms with Gasteiger partial charge in [-0.3, -0.25) is 0 Å². The Morgan fingerprint density at radius 3 is 2.00 bits per heavy atom. The monoisotopic (exact) mass is 508 g/mol. The van der Waals surface area contributed by atoms with Crippen LogP contribution >= 0.6 is 0 Å². The molecule has 1 fully saturated rings. The van der Waals surface area contributed by atoms with Crippen molar-refractivity contribution in [2.24, 2.45) is 29.1 Å². The molecule has 0 bridgehead atoms. The number of hydrogen-bond acceptors (Lipinski definition) is 3. The van der Waals surface area contributed by atoms with E-state index < -0.39 is 16.6 Å². The third kappa shape index (κ3) is 5.38. The second-order valence-electron chi connectivity index (χ2n) is 14.2. The van der Waals surface area contributed by atoms with Gasteiger partial charge in [0.15, 0.2) is 8.32 Å². The van der Waals surface area contributed by atoms with Crippen LogP contribution in [0.1, 0.15) is 89.0 Å². The minimum Gasteiger partial charge on any atom is -0.416 e. The highest BCUT2D eigenvalue weighted by molar-refractivity contribution is 6.77. The summed E-state index contributed by atoms with van der Waals surface area (Å²) in [6.45, 7) is 31.1. The van der Waals surface area contributed by atoms with Gasteiger partial charge in [-0.1, -0.05) is 88.3 Å². The molecule has 0 aromatic heterocycles. The maximum atomic E-state index is 12.5. The number of rotatable bonds is 9. The molecule has 0 heterocycles. The fraction of sp³-hybridized carbons (Fsp3) is 0.897. The van der Waals surface area contributed by atoms with Gasteiger partial charge < -0.3 is 13.6 Å². The quantitative estimate of drug-likeness (QED) is 0.178. The number of carbonyl (C=O) groups is 1. The van der Waals surface area contributed by atoms with Crippen LogP contribution in [0.25, 0.3) is 0 Å². The topological polar surface area (TPSA) is 35.5 Å². The van der Waals surface area contributed by atoms with Gasteiger partial charge in [-0.2, -0.15) is 0 Å². The van der Waals surface area contributed by atoms with Gasteiger partial charge in [0, 0.05) is 24.5 Å². The summed E-state index contributed by atoms with van der Waals surface area (Å²) in [6.07, 6.45) is 8.39. The standard InChI is InChI=1S/C29H56O3Si2/c1-20(2)34(21(3)4,22(5)6)32-27-16-17-29(11)25(23(27)7)15-14-24(26(29)18-30)19-31-33(12,13)28(8,9)10/h14-15,18,20-27H,16-17,19H2,1-13H3/t23-,24+,25-,26+,27-,29-/m0/s1. The van der Waals surface area contributed by atoms with Gasteiger partial charge in [0.2, 0.25) is 8.32 Å². The molecule has 2 rings (SSSR count). The first-order valence-electron chi connectivity index (χ1n) is 13.9. The van der Waals surface area contributed by atoms with Crippen LogP contribution in [0.3, 0.4) is 0 Å². The van der Waals surface area contributed by atoms with Crippen LogP contribution in [-0.4, -0.2) is 35.6 Å².